The molecule has 2 aromatic rings. The van der Waals surface area contributed by atoms with Crippen LogP contribution in [0.15, 0.2) is 42.6 Å². The summed E-state index contributed by atoms with van der Waals surface area (Å²) in [5.41, 5.74) is 1.46. The fraction of sp³-hybridized carbons (Fsp3) is 0.519. The van der Waals surface area contributed by atoms with Crippen LogP contribution >= 0.6 is 0 Å². The Morgan fingerprint density at radius 2 is 1.88 bits per heavy atom. The summed E-state index contributed by atoms with van der Waals surface area (Å²) in [5.74, 6) is 1.12. The van der Waals surface area contributed by atoms with E-state index in [2.05, 4.69) is 17.1 Å². The van der Waals surface area contributed by atoms with Crippen molar-refractivity contribution >= 4 is 17.6 Å². The van der Waals surface area contributed by atoms with Crippen molar-refractivity contribution in [2.24, 2.45) is 5.41 Å². The summed E-state index contributed by atoms with van der Waals surface area (Å²) in [6, 6.07) is 10.4. The molecule has 0 radical (unpaired) electrons. The Hall–Kier alpha value is -2.96. The lowest BCUT2D eigenvalue weighted by Gasteiger charge is -2.43. The first kappa shape index (κ1) is 24.2. The largest absolute Gasteiger partial charge is 0.363 e. The van der Waals surface area contributed by atoms with Crippen molar-refractivity contribution in [2.75, 3.05) is 45.2 Å². The Morgan fingerprint density at radius 1 is 1.12 bits per heavy atom. The first-order chi connectivity index (χ1) is 16.2. The Kier molecular flexibility index (Phi) is 7.19. The van der Waals surface area contributed by atoms with Gasteiger partial charge in [0.2, 0.25) is 11.8 Å². The van der Waals surface area contributed by atoms with Crippen LogP contribution in [0.4, 0.5) is 10.2 Å². The molecule has 0 spiro atoms. The average Bonchev–Trinajstić information content (AvgIpc) is 2.84. The third-order valence-corrected chi connectivity index (χ3v) is 7.39. The zero-order valence-corrected chi connectivity index (χ0v) is 20.5. The normalized spacial score (nSPS) is 20.2. The smallest absolute Gasteiger partial charge is 0.228 e. The molecule has 1 aromatic carbocycles. The first-order valence-electron chi connectivity index (χ1n) is 12.2. The molecule has 34 heavy (non-hydrogen) atoms. The second kappa shape index (κ2) is 10.1. The van der Waals surface area contributed by atoms with Crippen molar-refractivity contribution in [3.8, 4) is 0 Å². The first-order valence-corrected chi connectivity index (χ1v) is 12.2. The number of aromatic nitrogens is 1. The molecule has 1 atom stereocenters. The van der Waals surface area contributed by atoms with E-state index in [1.807, 2.05) is 41.9 Å². The number of pyridine rings is 1. The number of hydrogen-bond donors (Lipinski definition) is 0. The monoisotopic (exact) mass is 466 g/mol. The minimum Gasteiger partial charge on any atom is -0.363 e. The summed E-state index contributed by atoms with van der Waals surface area (Å²) in [5, 5.41) is 0. The van der Waals surface area contributed by atoms with E-state index in [-0.39, 0.29) is 24.1 Å². The minimum atomic E-state index is -0.454. The number of nitrogens with zero attached hydrogens (tertiary/aromatic N) is 4. The Bertz CT molecular complexity index is 1030. The van der Waals surface area contributed by atoms with Crippen LogP contribution in [-0.4, -0.2) is 66.9 Å². The van der Waals surface area contributed by atoms with Crippen LogP contribution in [0, 0.1) is 11.2 Å². The molecule has 1 aromatic heterocycles. The van der Waals surface area contributed by atoms with Crippen LogP contribution in [0.25, 0.3) is 0 Å². The van der Waals surface area contributed by atoms with Crippen molar-refractivity contribution in [3.05, 3.63) is 59.5 Å². The molecular formula is C27H35FN4O2. The lowest BCUT2D eigenvalue weighted by Crippen LogP contribution is -2.52. The number of piperidine rings is 2. The maximum atomic E-state index is 13.6. The van der Waals surface area contributed by atoms with Gasteiger partial charge in [0.15, 0.2) is 0 Å². The molecule has 2 amide bonds. The second-order valence-corrected chi connectivity index (χ2v) is 10.2. The number of carbonyl (C=O) groups excluding carboxylic acids is 2. The molecule has 0 saturated carbocycles. The highest BCUT2D eigenvalue weighted by Gasteiger charge is 2.41. The van der Waals surface area contributed by atoms with Crippen LogP contribution < -0.4 is 4.90 Å². The van der Waals surface area contributed by atoms with E-state index in [1.165, 1.54) is 17.7 Å². The van der Waals surface area contributed by atoms with Crippen LogP contribution in [-0.2, 0) is 16.0 Å². The van der Waals surface area contributed by atoms with Crippen molar-refractivity contribution in [1.29, 1.82) is 0 Å². The molecule has 4 rings (SSSR count). The standard InChI is InChI=1S/C27H35FN4O2/c1-27(10-14-31(15-11-27)25(33)17-20-6-4-8-23(28)16-20)26(34)32-13-5-7-22(19-32)21-9-12-29-24(18-21)30(2)3/h4,6,8-9,12,16,18,22H,5,7,10-11,13-15,17,19H2,1-3H3. The average molecular weight is 467 g/mol. The molecule has 7 heteroatoms. The highest BCUT2D eigenvalue weighted by atomic mass is 19.1. The van der Waals surface area contributed by atoms with Gasteiger partial charge in [-0.2, -0.15) is 0 Å². The quantitative estimate of drug-likeness (QED) is 0.672. The van der Waals surface area contributed by atoms with Crippen LogP contribution in [0.3, 0.4) is 0 Å². The molecule has 2 saturated heterocycles. The molecular weight excluding hydrogens is 431 g/mol. The number of hydrogen-bond acceptors (Lipinski definition) is 4. The number of halogens is 1. The Morgan fingerprint density at radius 3 is 2.59 bits per heavy atom. The SMILES string of the molecule is CN(C)c1cc(C2CCCN(C(=O)C3(C)CCN(C(=O)Cc4cccc(F)c4)CC3)C2)ccn1. The molecule has 3 heterocycles. The van der Waals surface area contributed by atoms with E-state index in [0.29, 0.717) is 37.4 Å². The zero-order valence-electron chi connectivity index (χ0n) is 20.5. The molecule has 1 unspecified atom stereocenters. The van der Waals surface area contributed by atoms with Gasteiger partial charge in [0, 0.05) is 57.8 Å². The van der Waals surface area contributed by atoms with E-state index in [9.17, 15) is 14.0 Å². The lowest BCUT2D eigenvalue weighted by molar-refractivity contribution is -0.148. The maximum Gasteiger partial charge on any atom is 0.228 e. The number of amides is 2. The number of anilines is 1. The molecule has 0 bridgehead atoms. The van der Waals surface area contributed by atoms with Crippen LogP contribution in [0.1, 0.15) is 49.7 Å². The number of carbonyl (C=O) groups is 2. The van der Waals surface area contributed by atoms with Gasteiger partial charge in [-0.15, -0.1) is 0 Å². The van der Waals surface area contributed by atoms with Gasteiger partial charge in [-0.1, -0.05) is 19.1 Å². The number of benzene rings is 1. The molecule has 2 aliphatic heterocycles. The minimum absolute atomic E-state index is 0.00693. The van der Waals surface area contributed by atoms with E-state index in [4.69, 9.17) is 0 Å². The van der Waals surface area contributed by atoms with E-state index >= 15 is 0 Å². The fourth-order valence-electron chi connectivity index (χ4n) is 5.14. The highest BCUT2D eigenvalue weighted by molar-refractivity contribution is 5.84. The van der Waals surface area contributed by atoms with E-state index in [1.54, 1.807) is 12.1 Å². The summed E-state index contributed by atoms with van der Waals surface area (Å²) in [6.45, 7) is 4.69. The predicted molar refractivity (Wildman–Crippen MR) is 131 cm³/mol. The molecule has 0 N–H and O–H groups in total. The van der Waals surface area contributed by atoms with E-state index in [0.717, 1.165) is 31.7 Å². The van der Waals surface area contributed by atoms with Gasteiger partial charge in [-0.05, 0) is 61.1 Å². The van der Waals surface area contributed by atoms with Gasteiger partial charge < -0.3 is 14.7 Å². The van der Waals surface area contributed by atoms with Crippen molar-refractivity contribution < 1.29 is 14.0 Å². The van der Waals surface area contributed by atoms with Gasteiger partial charge in [0.05, 0.1) is 6.42 Å². The summed E-state index contributed by atoms with van der Waals surface area (Å²) < 4.78 is 13.4. The van der Waals surface area contributed by atoms with Crippen LogP contribution in [0.2, 0.25) is 0 Å². The summed E-state index contributed by atoms with van der Waals surface area (Å²) in [6.07, 6.45) is 5.41. The molecule has 2 fully saturated rings. The predicted octanol–water partition coefficient (Wildman–Crippen LogP) is 3.86. The second-order valence-electron chi connectivity index (χ2n) is 10.2. The van der Waals surface area contributed by atoms with Gasteiger partial charge in [0.25, 0.3) is 0 Å². The molecule has 0 aliphatic carbocycles. The molecule has 2 aliphatic rings. The third kappa shape index (κ3) is 5.40. The van der Waals surface area contributed by atoms with Crippen molar-refractivity contribution in [3.63, 3.8) is 0 Å². The highest BCUT2D eigenvalue weighted by Crippen LogP contribution is 2.36. The fourth-order valence-corrected chi connectivity index (χ4v) is 5.14. The summed E-state index contributed by atoms with van der Waals surface area (Å²) in [7, 11) is 3.97. The Labute approximate surface area is 201 Å². The van der Waals surface area contributed by atoms with Crippen molar-refractivity contribution in [1.82, 2.24) is 14.8 Å². The summed E-state index contributed by atoms with van der Waals surface area (Å²) in [4.78, 5) is 36.6. The van der Waals surface area contributed by atoms with Gasteiger partial charge >= 0.3 is 0 Å². The maximum absolute atomic E-state index is 13.6. The molecule has 182 valence electrons. The third-order valence-electron chi connectivity index (χ3n) is 7.39. The Balaban J connectivity index is 1.35. The number of rotatable bonds is 5. The zero-order chi connectivity index (χ0) is 24.3. The van der Waals surface area contributed by atoms with Crippen molar-refractivity contribution in [2.45, 2.75) is 44.9 Å². The lowest BCUT2D eigenvalue weighted by atomic mass is 9.78. The van der Waals surface area contributed by atoms with Gasteiger partial charge in [-0.3, -0.25) is 9.59 Å². The molecule has 6 nitrogen and oxygen atoms in total. The van der Waals surface area contributed by atoms with Gasteiger partial charge in [0.1, 0.15) is 11.6 Å². The topological polar surface area (TPSA) is 56.8 Å². The number of likely N-dealkylation sites (tertiary alicyclic amines) is 2. The van der Waals surface area contributed by atoms with Crippen LogP contribution in [0.5, 0.6) is 0 Å². The van der Waals surface area contributed by atoms with Gasteiger partial charge in [-0.25, -0.2) is 9.37 Å². The summed E-state index contributed by atoms with van der Waals surface area (Å²) >= 11 is 0. The van der Waals surface area contributed by atoms with E-state index < -0.39 is 5.41 Å².